The van der Waals surface area contributed by atoms with Crippen LogP contribution in [0.2, 0.25) is 0 Å². The molecule has 1 aromatic heterocycles. The summed E-state index contributed by atoms with van der Waals surface area (Å²) in [5, 5.41) is 10.5. The highest BCUT2D eigenvalue weighted by atomic mass is 32.1. The third-order valence-corrected chi connectivity index (χ3v) is 2.97. The number of aromatic nitrogens is 2. The molecule has 0 radical (unpaired) electrons. The van der Waals surface area contributed by atoms with Gasteiger partial charge in [0.2, 0.25) is 10.1 Å². The Balaban J connectivity index is 1.97. The minimum absolute atomic E-state index is 0.240. The lowest BCUT2D eigenvalue weighted by Gasteiger charge is -2.06. The SMILES string of the molecule is CCCOc1ccc(NC(=O)c2nnc(N)s2)cc1. The van der Waals surface area contributed by atoms with Gasteiger partial charge in [0, 0.05) is 5.69 Å². The molecule has 0 unspecified atom stereocenters. The monoisotopic (exact) mass is 278 g/mol. The summed E-state index contributed by atoms with van der Waals surface area (Å²) >= 11 is 1.05. The molecule has 19 heavy (non-hydrogen) atoms. The molecular formula is C12H14N4O2S. The Bertz CT molecular complexity index is 553. The standard InChI is InChI=1S/C12H14N4O2S/c1-2-7-18-9-5-3-8(4-6-9)14-10(17)11-15-16-12(13)19-11/h3-6H,2,7H2,1H3,(H2,13,16)(H,14,17). The number of hydrogen-bond acceptors (Lipinski definition) is 6. The lowest BCUT2D eigenvalue weighted by Crippen LogP contribution is -2.11. The van der Waals surface area contributed by atoms with Gasteiger partial charge in [-0.15, -0.1) is 10.2 Å². The van der Waals surface area contributed by atoms with E-state index in [2.05, 4.69) is 15.5 Å². The maximum absolute atomic E-state index is 11.8. The Morgan fingerprint density at radius 2 is 2.11 bits per heavy atom. The molecule has 0 aliphatic rings. The average molecular weight is 278 g/mol. The van der Waals surface area contributed by atoms with E-state index >= 15 is 0 Å². The van der Waals surface area contributed by atoms with E-state index < -0.39 is 0 Å². The third kappa shape index (κ3) is 3.65. The van der Waals surface area contributed by atoms with Crippen LogP contribution >= 0.6 is 11.3 Å². The molecule has 0 aliphatic heterocycles. The van der Waals surface area contributed by atoms with Gasteiger partial charge in [-0.05, 0) is 30.7 Å². The summed E-state index contributed by atoms with van der Waals surface area (Å²) in [6.45, 7) is 2.72. The van der Waals surface area contributed by atoms with Crippen LogP contribution in [0, 0.1) is 0 Å². The summed E-state index contributed by atoms with van der Waals surface area (Å²) in [6.07, 6.45) is 0.955. The van der Waals surface area contributed by atoms with Gasteiger partial charge in [-0.1, -0.05) is 18.3 Å². The van der Waals surface area contributed by atoms with Crippen LogP contribution in [0.15, 0.2) is 24.3 Å². The van der Waals surface area contributed by atoms with Gasteiger partial charge < -0.3 is 15.8 Å². The minimum atomic E-state index is -0.323. The summed E-state index contributed by atoms with van der Waals surface area (Å²) < 4.78 is 5.45. The Kier molecular flexibility index (Phi) is 4.30. The number of rotatable bonds is 5. The zero-order valence-corrected chi connectivity index (χ0v) is 11.2. The number of anilines is 2. The Hall–Kier alpha value is -2.15. The molecule has 1 amide bonds. The third-order valence-electron chi connectivity index (χ3n) is 2.22. The molecule has 0 spiro atoms. The first-order valence-corrected chi connectivity index (χ1v) is 6.64. The number of nitrogens with two attached hydrogens (primary N) is 1. The van der Waals surface area contributed by atoms with Gasteiger partial charge in [0.25, 0.3) is 5.91 Å². The van der Waals surface area contributed by atoms with Crippen molar-refractivity contribution in [3.63, 3.8) is 0 Å². The van der Waals surface area contributed by atoms with Crippen molar-refractivity contribution in [2.45, 2.75) is 13.3 Å². The molecule has 1 aromatic carbocycles. The van der Waals surface area contributed by atoms with E-state index in [1.165, 1.54) is 0 Å². The quantitative estimate of drug-likeness (QED) is 0.874. The van der Waals surface area contributed by atoms with Gasteiger partial charge >= 0.3 is 0 Å². The van der Waals surface area contributed by atoms with Crippen LogP contribution in [0.5, 0.6) is 5.75 Å². The van der Waals surface area contributed by atoms with Crippen molar-refractivity contribution in [1.29, 1.82) is 0 Å². The smallest absolute Gasteiger partial charge is 0.286 e. The Morgan fingerprint density at radius 3 is 2.68 bits per heavy atom. The predicted octanol–water partition coefficient (Wildman–Crippen LogP) is 2.16. The first-order valence-electron chi connectivity index (χ1n) is 5.82. The number of carbonyl (C=O) groups is 1. The second kappa shape index (κ2) is 6.14. The molecule has 7 heteroatoms. The van der Waals surface area contributed by atoms with E-state index in [9.17, 15) is 4.79 Å². The number of carbonyl (C=O) groups excluding carboxylic acids is 1. The summed E-state index contributed by atoms with van der Waals surface area (Å²) in [5.41, 5.74) is 6.09. The van der Waals surface area contributed by atoms with Crippen molar-refractivity contribution in [2.75, 3.05) is 17.7 Å². The molecule has 1 heterocycles. The topological polar surface area (TPSA) is 90.1 Å². The first kappa shape index (κ1) is 13.3. The molecule has 0 saturated carbocycles. The molecule has 2 rings (SSSR count). The fraction of sp³-hybridized carbons (Fsp3) is 0.250. The van der Waals surface area contributed by atoms with E-state index in [1.54, 1.807) is 24.3 Å². The zero-order chi connectivity index (χ0) is 13.7. The molecule has 0 aliphatic carbocycles. The number of nitrogens with one attached hydrogen (secondary N) is 1. The summed E-state index contributed by atoms with van der Waals surface area (Å²) in [7, 11) is 0. The largest absolute Gasteiger partial charge is 0.494 e. The van der Waals surface area contributed by atoms with Crippen molar-refractivity contribution in [2.24, 2.45) is 0 Å². The number of nitrogens with zero attached hydrogens (tertiary/aromatic N) is 2. The van der Waals surface area contributed by atoms with Crippen LogP contribution in [-0.2, 0) is 0 Å². The van der Waals surface area contributed by atoms with Gasteiger partial charge in [0.15, 0.2) is 0 Å². The molecular weight excluding hydrogens is 264 g/mol. The summed E-state index contributed by atoms with van der Waals surface area (Å²) in [6, 6.07) is 7.15. The Labute approximate surface area is 114 Å². The van der Waals surface area contributed by atoms with E-state index in [-0.39, 0.29) is 16.0 Å². The van der Waals surface area contributed by atoms with Crippen LogP contribution < -0.4 is 15.8 Å². The molecule has 0 saturated heterocycles. The highest BCUT2D eigenvalue weighted by Crippen LogP contribution is 2.18. The van der Waals surface area contributed by atoms with Crippen molar-refractivity contribution in [3.8, 4) is 5.75 Å². The van der Waals surface area contributed by atoms with Crippen LogP contribution in [-0.4, -0.2) is 22.7 Å². The minimum Gasteiger partial charge on any atom is -0.494 e. The molecule has 6 nitrogen and oxygen atoms in total. The summed E-state index contributed by atoms with van der Waals surface area (Å²) in [4.78, 5) is 11.8. The normalized spacial score (nSPS) is 10.2. The number of hydrogen-bond donors (Lipinski definition) is 2. The first-order chi connectivity index (χ1) is 9.19. The van der Waals surface area contributed by atoms with Crippen LogP contribution in [0.4, 0.5) is 10.8 Å². The fourth-order valence-electron chi connectivity index (χ4n) is 1.37. The number of ether oxygens (including phenoxy) is 1. The molecule has 100 valence electrons. The van der Waals surface area contributed by atoms with Gasteiger partial charge in [0.1, 0.15) is 5.75 Å². The second-order valence-electron chi connectivity index (χ2n) is 3.77. The van der Waals surface area contributed by atoms with Crippen LogP contribution in [0.1, 0.15) is 23.1 Å². The maximum Gasteiger partial charge on any atom is 0.286 e. The van der Waals surface area contributed by atoms with Gasteiger partial charge in [0.05, 0.1) is 6.61 Å². The number of benzene rings is 1. The van der Waals surface area contributed by atoms with Crippen LogP contribution in [0.25, 0.3) is 0 Å². The molecule has 0 bridgehead atoms. The van der Waals surface area contributed by atoms with E-state index in [0.717, 1.165) is 23.5 Å². The summed E-state index contributed by atoms with van der Waals surface area (Å²) in [5.74, 6) is 0.455. The van der Waals surface area contributed by atoms with Crippen molar-refractivity contribution < 1.29 is 9.53 Å². The molecule has 3 N–H and O–H groups in total. The van der Waals surface area contributed by atoms with Crippen molar-refractivity contribution in [3.05, 3.63) is 29.3 Å². The van der Waals surface area contributed by atoms with Crippen LogP contribution in [0.3, 0.4) is 0 Å². The van der Waals surface area contributed by atoms with Gasteiger partial charge in [-0.3, -0.25) is 4.79 Å². The lowest BCUT2D eigenvalue weighted by molar-refractivity contribution is 0.102. The molecule has 0 fully saturated rings. The Morgan fingerprint density at radius 1 is 1.37 bits per heavy atom. The van der Waals surface area contributed by atoms with Gasteiger partial charge in [-0.25, -0.2) is 0 Å². The second-order valence-corrected chi connectivity index (χ2v) is 4.78. The zero-order valence-electron chi connectivity index (χ0n) is 10.4. The molecule has 0 atom stereocenters. The lowest BCUT2D eigenvalue weighted by atomic mass is 10.3. The maximum atomic E-state index is 11.8. The highest BCUT2D eigenvalue weighted by molar-refractivity contribution is 7.16. The van der Waals surface area contributed by atoms with Gasteiger partial charge in [-0.2, -0.15) is 0 Å². The fourth-order valence-corrected chi connectivity index (χ4v) is 1.87. The van der Waals surface area contributed by atoms with E-state index in [0.29, 0.717) is 12.3 Å². The predicted molar refractivity (Wildman–Crippen MR) is 74.5 cm³/mol. The van der Waals surface area contributed by atoms with E-state index in [1.807, 2.05) is 6.92 Å². The number of amides is 1. The average Bonchev–Trinajstić information content (AvgIpc) is 2.85. The van der Waals surface area contributed by atoms with Crippen molar-refractivity contribution >= 4 is 28.1 Å². The highest BCUT2D eigenvalue weighted by Gasteiger charge is 2.11. The van der Waals surface area contributed by atoms with E-state index in [4.69, 9.17) is 10.5 Å². The van der Waals surface area contributed by atoms with Crippen molar-refractivity contribution in [1.82, 2.24) is 10.2 Å². The number of nitrogen functional groups attached to an aromatic ring is 1. The molecule has 2 aromatic rings.